The minimum absolute atomic E-state index is 0.00987. The van der Waals surface area contributed by atoms with E-state index >= 15 is 0 Å². The molecule has 1 aromatic carbocycles. The van der Waals surface area contributed by atoms with Crippen molar-refractivity contribution < 1.29 is 27.9 Å². The second kappa shape index (κ2) is 6.45. The van der Waals surface area contributed by atoms with Crippen LogP contribution in [0.4, 0.5) is 0 Å². The van der Waals surface area contributed by atoms with E-state index in [0.717, 1.165) is 0 Å². The van der Waals surface area contributed by atoms with Crippen LogP contribution in [0, 0.1) is 0 Å². The summed E-state index contributed by atoms with van der Waals surface area (Å²) in [4.78, 5) is 24.8. The Kier molecular flexibility index (Phi) is 4.82. The number of sulfone groups is 1. The average Bonchev–Trinajstić information content (AvgIpc) is 2.54. The molecule has 1 fully saturated rings. The summed E-state index contributed by atoms with van der Waals surface area (Å²) in [5.41, 5.74) is 0.320. The summed E-state index contributed by atoms with van der Waals surface area (Å²) >= 11 is 0. The third-order valence-electron chi connectivity index (χ3n) is 3.47. The van der Waals surface area contributed by atoms with E-state index in [-0.39, 0.29) is 29.7 Å². The molecule has 1 saturated heterocycles. The quantitative estimate of drug-likeness (QED) is 0.859. The number of carbonyl (C=O) groups is 2. The largest absolute Gasteiger partial charge is 0.479 e. The van der Waals surface area contributed by atoms with Gasteiger partial charge in [-0.15, -0.1) is 0 Å². The van der Waals surface area contributed by atoms with Gasteiger partial charge in [0.1, 0.15) is 0 Å². The topological polar surface area (TPSA) is 101 Å². The molecule has 1 aromatic rings. The monoisotopic (exact) mass is 327 g/mol. The van der Waals surface area contributed by atoms with Gasteiger partial charge < -0.3 is 14.7 Å². The number of aliphatic carboxylic acids is 1. The number of nitrogens with zero attached hydrogens (tertiary/aromatic N) is 1. The zero-order chi connectivity index (χ0) is 16.3. The van der Waals surface area contributed by atoms with Crippen LogP contribution in [0.5, 0.6) is 0 Å². The molecule has 7 nitrogen and oxygen atoms in total. The molecule has 1 aliphatic rings. The first-order valence-corrected chi connectivity index (χ1v) is 8.47. The number of amides is 1. The maximum Gasteiger partial charge on any atom is 0.334 e. The number of benzene rings is 1. The van der Waals surface area contributed by atoms with Crippen molar-refractivity contribution in [2.75, 3.05) is 25.4 Å². The Bertz CT molecular complexity index is 667. The lowest BCUT2D eigenvalue weighted by molar-refractivity contribution is -0.154. The highest BCUT2D eigenvalue weighted by Gasteiger charge is 2.29. The molecule has 1 unspecified atom stereocenters. The fourth-order valence-electron chi connectivity index (χ4n) is 2.14. The lowest BCUT2D eigenvalue weighted by Gasteiger charge is -2.30. The highest BCUT2D eigenvalue weighted by Crippen LogP contribution is 2.15. The number of carboxylic acids is 1. The predicted molar refractivity (Wildman–Crippen MR) is 77.4 cm³/mol. The standard InChI is InChI=1S/C14H17NO6S/c1-2-22(19,20)11-5-3-10(4-6-11)13(16)15-7-8-21-12(9-15)14(17)18/h3-6,12H,2,7-9H2,1H3,(H,17,18). The van der Waals surface area contributed by atoms with Crippen molar-refractivity contribution in [3.05, 3.63) is 29.8 Å². The number of morpholine rings is 1. The number of carbonyl (C=O) groups excluding carboxylic acids is 1. The zero-order valence-corrected chi connectivity index (χ0v) is 12.9. The van der Waals surface area contributed by atoms with Crippen molar-refractivity contribution in [1.29, 1.82) is 0 Å². The molecule has 0 saturated carbocycles. The molecule has 1 atom stereocenters. The van der Waals surface area contributed by atoms with Gasteiger partial charge in [0.05, 0.1) is 23.8 Å². The molecule has 1 aliphatic heterocycles. The summed E-state index contributed by atoms with van der Waals surface area (Å²) in [7, 11) is -3.31. The van der Waals surface area contributed by atoms with Crippen molar-refractivity contribution in [3.63, 3.8) is 0 Å². The summed E-state index contributed by atoms with van der Waals surface area (Å²) in [6.45, 7) is 1.99. The fourth-order valence-corrected chi connectivity index (χ4v) is 3.02. The van der Waals surface area contributed by atoms with E-state index in [1.165, 1.54) is 29.2 Å². The van der Waals surface area contributed by atoms with Crippen molar-refractivity contribution >= 4 is 21.7 Å². The van der Waals surface area contributed by atoms with E-state index < -0.39 is 21.9 Å². The van der Waals surface area contributed by atoms with Gasteiger partial charge in [-0.1, -0.05) is 6.92 Å². The van der Waals surface area contributed by atoms with Crippen LogP contribution >= 0.6 is 0 Å². The summed E-state index contributed by atoms with van der Waals surface area (Å²) in [5.74, 6) is -1.46. The summed E-state index contributed by atoms with van der Waals surface area (Å²) in [6, 6.07) is 5.66. The maximum absolute atomic E-state index is 12.3. The van der Waals surface area contributed by atoms with Gasteiger partial charge in [0, 0.05) is 12.1 Å². The Hall–Kier alpha value is -1.93. The molecule has 0 radical (unpaired) electrons. The summed E-state index contributed by atoms with van der Waals surface area (Å²) < 4.78 is 28.5. The molecule has 8 heteroatoms. The van der Waals surface area contributed by atoms with Crippen LogP contribution < -0.4 is 0 Å². The first-order chi connectivity index (χ1) is 10.3. The first kappa shape index (κ1) is 16.4. The average molecular weight is 327 g/mol. The minimum Gasteiger partial charge on any atom is -0.479 e. The van der Waals surface area contributed by atoms with Crippen LogP contribution in [-0.2, 0) is 19.4 Å². The Labute approximate surface area is 128 Å². The van der Waals surface area contributed by atoms with Gasteiger partial charge in [-0.2, -0.15) is 0 Å². The lowest BCUT2D eigenvalue weighted by atomic mass is 10.1. The number of rotatable bonds is 4. The van der Waals surface area contributed by atoms with E-state index in [1.807, 2.05) is 0 Å². The molecule has 2 rings (SSSR count). The minimum atomic E-state index is -3.31. The first-order valence-electron chi connectivity index (χ1n) is 6.81. The molecular formula is C14H17NO6S. The third-order valence-corrected chi connectivity index (χ3v) is 5.22. The Morgan fingerprint density at radius 3 is 2.50 bits per heavy atom. The van der Waals surface area contributed by atoms with E-state index in [2.05, 4.69) is 0 Å². The van der Waals surface area contributed by atoms with Gasteiger partial charge in [0.25, 0.3) is 5.91 Å². The molecule has 120 valence electrons. The van der Waals surface area contributed by atoms with E-state index in [9.17, 15) is 18.0 Å². The van der Waals surface area contributed by atoms with Gasteiger partial charge in [0.15, 0.2) is 15.9 Å². The molecule has 0 bridgehead atoms. The molecular weight excluding hydrogens is 310 g/mol. The van der Waals surface area contributed by atoms with Crippen LogP contribution in [0.25, 0.3) is 0 Å². The summed E-state index contributed by atoms with van der Waals surface area (Å²) in [5, 5.41) is 8.93. The van der Waals surface area contributed by atoms with Crippen LogP contribution in [-0.4, -0.2) is 61.9 Å². The summed E-state index contributed by atoms with van der Waals surface area (Å²) in [6.07, 6.45) is -1.03. The lowest BCUT2D eigenvalue weighted by Crippen LogP contribution is -2.48. The molecule has 1 N–H and O–H groups in total. The van der Waals surface area contributed by atoms with E-state index in [1.54, 1.807) is 6.92 Å². The van der Waals surface area contributed by atoms with Crippen LogP contribution in [0.1, 0.15) is 17.3 Å². The van der Waals surface area contributed by atoms with Crippen molar-refractivity contribution in [1.82, 2.24) is 4.90 Å². The second-order valence-corrected chi connectivity index (χ2v) is 7.15. The molecule has 1 amide bonds. The van der Waals surface area contributed by atoms with Gasteiger partial charge >= 0.3 is 5.97 Å². The number of carboxylic acid groups (broad SMARTS) is 1. The molecule has 1 heterocycles. The fraction of sp³-hybridized carbons (Fsp3) is 0.429. The Balaban J connectivity index is 2.14. The number of ether oxygens (including phenoxy) is 1. The normalized spacial score (nSPS) is 19.0. The van der Waals surface area contributed by atoms with Crippen molar-refractivity contribution in [3.8, 4) is 0 Å². The van der Waals surface area contributed by atoms with Crippen LogP contribution in [0.3, 0.4) is 0 Å². The van der Waals surface area contributed by atoms with Crippen molar-refractivity contribution in [2.45, 2.75) is 17.9 Å². The van der Waals surface area contributed by atoms with Gasteiger partial charge in [-0.25, -0.2) is 13.2 Å². The SMILES string of the molecule is CCS(=O)(=O)c1ccc(C(=O)N2CCOC(C(=O)O)C2)cc1. The molecule has 0 aromatic heterocycles. The highest BCUT2D eigenvalue weighted by atomic mass is 32.2. The van der Waals surface area contributed by atoms with Crippen LogP contribution in [0.15, 0.2) is 29.2 Å². The molecule has 0 aliphatic carbocycles. The second-order valence-electron chi connectivity index (χ2n) is 4.88. The van der Waals surface area contributed by atoms with E-state index in [4.69, 9.17) is 9.84 Å². The number of hydrogen-bond acceptors (Lipinski definition) is 5. The van der Waals surface area contributed by atoms with Gasteiger partial charge in [-0.3, -0.25) is 4.79 Å². The zero-order valence-electron chi connectivity index (χ0n) is 12.1. The maximum atomic E-state index is 12.3. The highest BCUT2D eigenvalue weighted by molar-refractivity contribution is 7.91. The van der Waals surface area contributed by atoms with Crippen LogP contribution in [0.2, 0.25) is 0 Å². The van der Waals surface area contributed by atoms with E-state index in [0.29, 0.717) is 12.1 Å². The smallest absolute Gasteiger partial charge is 0.334 e. The number of hydrogen-bond donors (Lipinski definition) is 1. The van der Waals surface area contributed by atoms with Crippen molar-refractivity contribution in [2.24, 2.45) is 0 Å². The Morgan fingerprint density at radius 2 is 1.95 bits per heavy atom. The third kappa shape index (κ3) is 3.45. The Morgan fingerprint density at radius 1 is 1.32 bits per heavy atom. The predicted octanol–water partition coefficient (Wildman–Crippen LogP) is 0.406. The van der Waals surface area contributed by atoms with Gasteiger partial charge in [-0.05, 0) is 24.3 Å². The van der Waals surface area contributed by atoms with Gasteiger partial charge in [0.2, 0.25) is 0 Å². The molecule has 0 spiro atoms. The molecule has 22 heavy (non-hydrogen) atoms.